The van der Waals surface area contributed by atoms with Crippen LogP contribution in [0.3, 0.4) is 0 Å². The lowest BCUT2D eigenvalue weighted by Crippen LogP contribution is -2.16. The lowest BCUT2D eigenvalue weighted by Gasteiger charge is -2.08. The number of benzene rings is 1. The lowest BCUT2D eigenvalue weighted by atomic mass is 10.1. The summed E-state index contributed by atoms with van der Waals surface area (Å²) in [5.41, 5.74) is 1.63. The fourth-order valence-electron chi connectivity index (χ4n) is 2.31. The molecule has 128 valence electrons. The van der Waals surface area contributed by atoms with Crippen LogP contribution in [0.4, 0.5) is 5.69 Å². The number of hydrogen-bond donors (Lipinski definition) is 1. The van der Waals surface area contributed by atoms with E-state index >= 15 is 0 Å². The minimum atomic E-state index is -0.697. The van der Waals surface area contributed by atoms with Crippen molar-refractivity contribution in [1.29, 1.82) is 0 Å². The molecule has 2 aromatic rings. The molecule has 0 atom stereocenters. The van der Waals surface area contributed by atoms with E-state index in [1.54, 1.807) is 13.0 Å². The Balaban J connectivity index is 1.95. The van der Waals surface area contributed by atoms with Crippen LogP contribution in [0.2, 0.25) is 0 Å². The number of aryl methyl sites for hydroxylation is 1. The Bertz CT molecular complexity index is 865. The van der Waals surface area contributed by atoms with Gasteiger partial charge in [0.25, 0.3) is 0 Å². The SMILES string of the molecule is CCOC(=O)C1=C(Nc2ccccc2)O/C(=C\c2sccc2C)C1=O. The molecule has 0 saturated carbocycles. The summed E-state index contributed by atoms with van der Waals surface area (Å²) >= 11 is 1.50. The van der Waals surface area contributed by atoms with E-state index in [0.29, 0.717) is 5.69 Å². The van der Waals surface area contributed by atoms with Crippen LogP contribution in [0.25, 0.3) is 6.08 Å². The minimum absolute atomic E-state index is 0.0927. The molecule has 1 aromatic heterocycles. The fourth-order valence-corrected chi connectivity index (χ4v) is 3.16. The molecule has 25 heavy (non-hydrogen) atoms. The maximum Gasteiger partial charge on any atom is 0.347 e. The van der Waals surface area contributed by atoms with Gasteiger partial charge in [0.2, 0.25) is 11.7 Å². The Morgan fingerprint density at radius 3 is 2.68 bits per heavy atom. The maximum atomic E-state index is 12.7. The summed E-state index contributed by atoms with van der Waals surface area (Å²) < 4.78 is 10.7. The molecule has 0 saturated heterocycles. The van der Waals surface area contributed by atoms with Crippen molar-refractivity contribution < 1.29 is 19.1 Å². The number of nitrogens with one attached hydrogen (secondary N) is 1. The van der Waals surface area contributed by atoms with E-state index in [4.69, 9.17) is 9.47 Å². The molecule has 3 rings (SSSR count). The number of carbonyl (C=O) groups is 2. The van der Waals surface area contributed by atoms with Crippen molar-refractivity contribution in [1.82, 2.24) is 0 Å². The van der Waals surface area contributed by atoms with E-state index in [2.05, 4.69) is 5.32 Å². The van der Waals surface area contributed by atoms with Crippen LogP contribution in [0.5, 0.6) is 0 Å². The number of carbonyl (C=O) groups excluding carboxylic acids is 2. The van der Waals surface area contributed by atoms with Crippen LogP contribution >= 0.6 is 11.3 Å². The van der Waals surface area contributed by atoms with Crippen LogP contribution in [0.15, 0.2) is 59.0 Å². The Labute approximate surface area is 149 Å². The minimum Gasteiger partial charge on any atom is -0.462 e. The number of esters is 1. The van der Waals surface area contributed by atoms with E-state index in [9.17, 15) is 9.59 Å². The summed E-state index contributed by atoms with van der Waals surface area (Å²) in [6, 6.07) is 11.1. The van der Waals surface area contributed by atoms with Crippen molar-refractivity contribution in [2.45, 2.75) is 13.8 Å². The molecule has 6 heteroatoms. The summed E-state index contributed by atoms with van der Waals surface area (Å²) in [6.07, 6.45) is 1.65. The third-order valence-electron chi connectivity index (χ3n) is 3.57. The molecular formula is C19H17NO4S. The molecule has 1 aliphatic rings. The average molecular weight is 355 g/mol. The standard InChI is InChI=1S/C19H17NO4S/c1-3-23-19(22)16-17(21)14(11-15-12(2)9-10-25-15)24-18(16)20-13-7-5-4-6-8-13/h4-11,20H,3H2,1-2H3/b14-11-. The van der Waals surface area contributed by atoms with Gasteiger partial charge in [-0.25, -0.2) is 4.79 Å². The van der Waals surface area contributed by atoms with Crippen molar-refractivity contribution in [3.63, 3.8) is 0 Å². The van der Waals surface area contributed by atoms with Gasteiger partial charge in [-0.05, 0) is 43.0 Å². The molecule has 1 N–H and O–H groups in total. The second kappa shape index (κ2) is 7.36. The predicted octanol–water partition coefficient (Wildman–Crippen LogP) is 3.88. The number of ketones is 1. The Hall–Kier alpha value is -2.86. The van der Waals surface area contributed by atoms with Gasteiger partial charge in [-0.15, -0.1) is 11.3 Å². The van der Waals surface area contributed by atoms with Crippen LogP contribution in [0.1, 0.15) is 17.4 Å². The molecule has 0 aliphatic carbocycles. The Morgan fingerprint density at radius 2 is 2.04 bits per heavy atom. The van der Waals surface area contributed by atoms with Gasteiger partial charge >= 0.3 is 5.97 Å². The highest BCUT2D eigenvalue weighted by molar-refractivity contribution is 7.11. The average Bonchev–Trinajstić information content (AvgIpc) is 3.13. The van der Waals surface area contributed by atoms with Gasteiger partial charge in [0.05, 0.1) is 6.61 Å². The first kappa shape index (κ1) is 17.0. The largest absolute Gasteiger partial charge is 0.462 e. The first-order chi connectivity index (χ1) is 12.1. The highest BCUT2D eigenvalue weighted by Crippen LogP contribution is 2.30. The Morgan fingerprint density at radius 1 is 1.28 bits per heavy atom. The number of thiophene rings is 1. The van der Waals surface area contributed by atoms with E-state index in [1.807, 2.05) is 48.7 Å². The van der Waals surface area contributed by atoms with Crippen LogP contribution in [-0.4, -0.2) is 18.4 Å². The summed E-state index contributed by atoms with van der Waals surface area (Å²) in [6.45, 7) is 3.82. The molecule has 0 unspecified atom stereocenters. The lowest BCUT2D eigenvalue weighted by molar-refractivity contribution is -0.139. The molecule has 0 fully saturated rings. The molecule has 0 spiro atoms. The highest BCUT2D eigenvalue weighted by atomic mass is 32.1. The van der Waals surface area contributed by atoms with Crippen LogP contribution in [-0.2, 0) is 19.1 Å². The summed E-state index contributed by atoms with van der Waals surface area (Å²) in [4.78, 5) is 25.8. The van der Waals surface area contributed by atoms with Crippen molar-refractivity contribution >= 4 is 34.9 Å². The second-order valence-electron chi connectivity index (χ2n) is 5.32. The monoisotopic (exact) mass is 355 g/mol. The number of hydrogen-bond acceptors (Lipinski definition) is 6. The molecule has 5 nitrogen and oxygen atoms in total. The van der Waals surface area contributed by atoms with Gasteiger partial charge in [0, 0.05) is 16.6 Å². The summed E-state index contributed by atoms with van der Waals surface area (Å²) in [5.74, 6) is -0.982. The van der Waals surface area contributed by atoms with Crippen molar-refractivity contribution in [2.75, 3.05) is 11.9 Å². The molecule has 0 bridgehead atoms. The zero-order valence-electron chi connectivity index (χ0n) is 13.9. The molecule has 0 radical (unpaired) electrons. The molecule has 0 amide bonds. The predicted molar refractivity (Wildman–Crippen MR) is 96.8 cm³/mol. The number of para-hydroxylation sites is 1. The van der Waals surface area contributed by atoms with Gasteiger partial charge < -0.3 is 14.8 Å². The van der Waals surface area contributed by atoms with Crippen molar-refractivity contribution in [2.24, 2.45) is 0 Å². The quantitative estimate of drug-likeness (QED) is 0.501. The van der Waals surface area contributed by atoms with E-state index in [-0.39, 0.29) is 23.8 Å². The number of allylic oxidation sites excluding steroid dienone is 1. The molecule has 2 heterocycles. The first-order valence-corrected chi connectivity index (χ1v) is 8.70. The van der Waals surface area contributed by atoms with E-state index in [1.165, 1.54) is 11.3 Å². The fraction of sp³-hybridized carbons (Fsp3) is 0.158. The number of Topliss-reactive ketones (excluding diaryl/α,β-unsaturated/α-hetero) is 1. The van der Waals surface area contributed by atoms with E-state index < -0.39 is 11.8 Å². The van der Waals surface area contributed by atoms with Gasteiger partial charge in [0.15, 0.2) is 11.3 Å². The van der Waals surface area contributed by atoms with Gasteiger partial charge in [-0.2, -0.15) is 0 Å². The number of rotatable bonds is 5. The van der Waals surface area contributed by atoms with Crippen LogP contribution < -0.4 is 5.32 Å². The molecule has 1 aromatic carbocycles. The molecular weight excluding hydrogens is 338 g/mol. The normalized spacial score (nSPS) is 15.4. The van der Waals surface area contributed by atoms with Gasteiger partial charge in [0.1, 0.15) is 0 Å². The third kappa shape index (κ3) is 3.64. The molecule has 1 aliphatic heterocycles. The van der Waals surface area contributed by atoms with Gasteiger partial charge in [-0.3, -0.25) is 4.79 Å². The van der Waals surface area contributed by atoms with Crippen molar-refractivity contribution in [3.8, 4) is 0 Å². The Kier molecular flexibility index (Phi) is 5.00. The van der Waals surface area contributed by atoms with Crippen LogP contribution in [0, 0.1) is 6.92 Å². The zero-order valence-corrected chi connectivity index (χ0v) is 14.7. The number of anilines is 1. The summed E-state index contributed by atoms with van der Waals surface area (Å²) in [5, 5.41) is 4.92. The third-order valence-corrected chi connectivity index (χ3v) is 4.53. The zero-order chi connectivity index (χ0) is 17.8. The summed E-state index contributed by atoms with van der Waals surface area (Å²) in [7, 11) is 0. The maximum absolute atomic E-state index is 12.7. The first-order valence-electron chi connectivity index (χ1n) is 7.82. The highest BCUT2D eigenvalue weighted by Gasteiger charge is 2.37. The number of ether oxygens (including phenoxy) is 2. The van der Waals surface area contributed by atoms with Crippen molar-refractivity contribution in [3.05, 3.63) is 69.4 Å². The van der Waals surface area contributed by atoms with E-state index in [0.717, 1.165) is 10.4 Å². The topological polar surface area (TPSA) is 64.6 Å². The smallest absolute Gasteiger partial charge is 0.347 e. The second-order valence-corrected chi connectivity index (χ2v) is 6.27. The van der Waals surface area contributed by atoms with Gasteiger partial charge in [-0.1, -0.05) is 18.2 Å².